The zero-order chi connectivity index (χ0) is 23.8. The summed E-state index contributed by atoms with van der Waals surface area (Å²) < 4.78 is 20.2. The third-order valence-corrected chi connectivity index (χ3v) is 6.11. The molecule has 2 unspecified atom stereocenters. The first-order valence-electron chi connectivity index (χ1n) is 10.5. The highest BCUT2D eigenvalue weighted by atomic mass is 32.1. The summed E-state index contributed by atoms with van der Waals surface area (Å²) in [5.74, 6) is 0.897. The molecular weight excluding hydrogens is 455 g/mol. The Kier molecular flexibility index (Phi) is 5.54. The molecule has 1 aliphatic rings. The number of aryl methyl sites for hydroxylation is 1. The van der Waals surface area contributed by atoms with Gasteiger partial charge in [-0.3, -0.25) is 15.1 Å². The molecule has 1 saturated heterocycles. The summed E-state index contributed by atoms with van der Waals surface area (Å²) in [6.45, 7) is 1.70. The number of rotatable bonds is 5. The molecule has 0 radical (unpaired) electrons. The first-order valence-corrected chi connectivity index (χ1v) is 10.9. The molecule has 5 rings (SSSR count). The fraction of sp³-hybridized carbons (Fsp3) is 0.120. The van der Waals surface area contributed by atoms with Crippen LogP contribution in [0.25, 0.3) is 11.3 Å². The number of nitrogens with zero attached hydrogens (tertiary/aromatic N) is 3. The highest BCUT2D eigenvalue weighted by Crippen LogP contribution is 2.43. The van der Waals surface area contributed by atoms with Crippen LogP contribution in [-0.2, 0) is 0 Å². The fourth-order valence-corrected chi connectivity index (χ4v) is 4.46. The van der Waals surface area contributed by atoms with Crippen molar-refractivity contribution < 1.29 is 13.7 Å². The molecule has 7 nitrogen and oxygen atoms in total. The normalized spacial score (nSPS) is 17.6. The predicted molar refractivity (Wildman–Crippen MR) is 130 cm³/mol. The van der Waals surface area contributed by atoms with Crippen molar-refractivity contribution in [3.8, 4) is 11.3 Å². The number of nitro benzene ring substituents is 1. The van der Waals surface area contributed by atoms with Crippen LogP contribution in [0.15, 0.2) is 83.4 Å². The number of benzene rings is 2. The molecule has 1 N–H and O–H groups in total. The van der Waals surface area contributed by atoms with Crippen LogP contribution in [0.4, 0.5) is 15.8 Å². The van der Waals surface area contributed by atoms with Gasteiger partial charge < -0.3 is 14.6 Å². The average Bonchev–Trinajstić information content (AvgIpc) is 3.46. The number of hydrogen-bond donors (Lipinski definition) is 1. The lowest BCUT2D eigenvalue weighted by molar-refractivity contribution is -0.384. The number of halogens is 1. The van der Waals surface area contributed by atoms with E-state index in [9.17, 15) is 14.5 Å². The van der Waals surface area contributed by atoms with Gasteiger partial charge in [-0.1, -0.05) is 6.07 Å². The minimum Gasteiger partial charge on any atom is -0.459 e. The molecule has 4 aromatic rings. The molecule has 0 saturated carbocycles. The van der Waals surface area contributed by atoms with Crippen LogP contribution in [0.2, 0.25) is 0 Å². The zero-order valence-corrected chi connectivity index (χ0v) is 18.8. The number of pyridine rings is 1. The topological polar surface area (TPSA) is 84.4 Å². The van der Waals surface area contributed by atoms with E-state index in [1.807, 2.05) is 35.2 Å². The van der Waals surface area contributed by atoms with Gasteiger partial charge in [-0.2, -0.15) is 0 Å². The number of hydrogen-bond acceptors (Lipinski definition) is 5. The van der Waals surface area contributed by atoms with Crippen molar-refractivity contribution in [2.45, 2.75) is 19.0 Å². The first-order chi connectivity index (χ1) is 16.4. The molecule has 0 spiro atoms. The van der Waals surface area contributed by atoms with Gasteiger partial charge in [0.2, 0.25) is 0 Å². The fourth-order valence-electron chi connectivity index (χ4n) is 4.11. The predicted octanol–water partition coefficient (Wildman–Crippen LogP) is 5.87. The minimum atomic E-state index is -0.442. The third-order valence-electron chi connectivity index (χ3n) is 5.80. The van der Waals surface area contributed by atoms with Gasteiger partial charge >= 0.3 is 0 Å². The van der Waals surface area contributed by atoms with Crippen LogP contribution in [-0.4, -0.2) is 15.0 Å². The van der Waals surface area contributed by atoms with Crippen LogP contribution >= 0.6 is 12.2 Å². The second-order valence-electron chi connectivity index (χ2n) is 7.94. The molecule has 0 amide bonds. The van der Waals surface area contributed by atoms with Crippen molar-refractivity contribution in [1.82, 2.24) is 10.3 Å². The molecule has 2 aromatic heterocycles. The smallest absolute Gasteiger partial charge is 0.269 e. The zero-order valence-electron chi connectivity index (χ0n) is 18.0. The van der Waals surface area contributed by atoms with Gasteiger partial charge in [-0.15, -0.1) is 0 Å². The summed E-state index contributed by atoms with van der Waals surface area (Å²) in [4.78, 5) is 16.9. The van der Waals surface area contributed by atoms with E-state index in [0.717, 1.165) is 11.4 Å². The average molecular weight is 475 g/mol. The van der Waals surface area contributed by atoms with Crippen molar-refractivity contribution in [3.05, 3.63) is 112 Å². The van der Waals surface area contributed by atoms with E-state index >= 15 is 0 Å². The quantitative estimate of drug-likeness (QED) is 0.220. The molecule has 3 heterocycles. The van der Waals surface area contributed by atoms with Gasteiger partial charge in [-0.05, 0) is 79.3 Å². The van der Waals surface area contributed by atoms with Gasteiger partial charge in [0.25, 0.3) is 5.69 Å². The molecule has 1 aliphatic heterocycles. The van der Waals surface area contributed by atoms with Crippen LogP contribution in [0.1, 0.15) is 29.1 Å². The molecule has 2 aromatic carbocycles. The summed E-state index contributed by atoms with van der Waals surface area (Å²) in [7, 11) is 0. The summed E-state index contributed by atoms with van der Waals surface area (Å²) in [6.07, 6.45) is 1.71. The van der Waals surface area contributed by atoms with E-state index in [1.54, 1.807) is 37.4 Å². The summed E-state index contributed by atoms with van der Waals surface area (Å²) >= 11 is 5.68. The molecule has 2 atom stereocenters. The summed E-state index contributed by atoms with van der Waals surface area (Å²) in [6, 6.07) is 19.7. The Bertz CT molecular complexity index is 1370. The van der Waals surface area contributed by atoms with Crippen LogP contribution in [0.5, 0.6) is 0 Å². The second kappa shape index (κ2) is 8.68. The number of non-ortho nitro benzene ring substituents is 1. The lowest BCUT2D eigenvalue weighted by atomic mass is 10.0. The molecular formula is C25H19FN4O3S. The van der Waals surface area contributed by atoms with E-state index in [1.165, 1.54) is 18.2 Å². The van der Waals surface area contributed by atoms with Gasteiger partial charge in [0.1, 0.15) is 23.4 Å². The van der Waals surface area contributed by atoms with Crippen molar-refractivity contribution in [2.75, 3.05) is 4.90 Å². The Balaban J connectivity index is 1.57. The molecule has 34 heavy (non-hydrogen) atoms. The Labute approximate surface area is 200 Å². The molecule has 170 valence electrons. The highest BCUT2D eigenvalue weighted by molar-refractivity contribution is 7.80. The molecule has 0 bridgehead atoms. The summed E-state index contributed by atoms with van der Waals surface area (Å²) in [5, 5.41) is 14.8. The minimum absolute atomic E-state index is 0.00828. The Hall–Kier alpha value is -4.11. The number of thiocarbonyl (C=S) groups is 1. The van der Waals surface area contributed by atoms with Crippen molar-refractivity contribution in [3.63, 3.8) is 0 Å². The Morgan fingerprint density at radius 2 is 1.91 bits per heavy atom. The number of furan rings is 1. The Morgan fingerprint density at radius 1 is 1.12 bits per heavy atom. The molecule has 1 fully saturated rings. The lowest BCUT2D eigenvalue weighted by Crippen LogP contribution is -2.29. The largest absolute Gasteiger partial charge is 0.459 e. The summed E-state index contributed by atoms with van der Waals surface area (Å²) in [5.41, 5.74) is 2.74. The van der Waals surface area contributed by atoms with E-state index in [-0.39, 0.29) is 23.6 Å². The standard InChI is InChI=1S/C25H19FN4O3S/c1-15-14-18(9-10-19(15)26)29-24(23(28-25(29)34)20-4-2-3-13-27-20)22-12-11-21(33-22)16-5-7-17(8-6-16)30(31)32/h2-14,23-24H,1H3,(H,28,34). The van der Waals surface area contributed by atoms with Crippen LogP contribution in [0, 0.1) is 22.9 Å². The first kappa shape index (κ1) is 21.7. The molecule has 0 aliphatic carbocycles. The van der Waals surface area contributed by atoms with E-state index < -0.39 is 4.92 Å². The third kappa shape index (κ3) is 3.90. The lowest BCUT2D eigenvalue weighted by Gasteiger charge is -2.26. The number of aromatic nitrogens is 1. The van der Waals surface area contributed by atoms with Crippen LogP contribution < -0.4 is 10.2 Å². The number of nitrogens with one attached hydrogen (secondary N) is 1. The maximum atomic E-state index is 14.0. The van der Waals surface area contributed by atoms with Crippen molar-refractivity contribution in [2.24, 2.45) is 0 Å². The number of anilines is 1. The Morgan fingerprint density at radius 3 is 2.59 bits per heavy atom. The van der Waals surface area contributed by atoms with Gasteiger partial charge in [0, 0.05) is 29.6 Å². The van der Waals surface area contributed by atoms with Gasteiger partial charge in [0.15, 0.2) is 5.11 Å². The highest BCUT2D eigenvalue weighted by Gasteiger charge is 2.42. The SMILES string of the molecule is Cc1cc(N2C(=S)NC(c3ccccn3)C2c2ccc(-c3ccc([N+](=O)[O-])cc3)o2)ccc1F. The number of nitro groups is 1. The monoisotopic (exact) mass is 474 g/mol. The molecule has 9 heteroatoms. The maximum absolute atomic E-state index is 14.0. The van der Waals surface area contributed by atoms with Gasteiger partial charge in [0.05, 0.1) is 16.7 Å². The van der Waals surface area contributed by atoms with Crippen LogP contribution in [0.3, 0.4) is 0 Å². The van der Waals surface area contributed by atoms with E-state index in [4.69, 9.17) is 16.6 Å². The van der Waals surface area contributed by atoms with E-state index in [2.05, 4.69) is 10.3 Å². The van der Waals surface area contributed by atoms with E-state index in [0.29, 0.717) is 27.8 Å². The van der Waals surface area contributed by atoms with Crippen molar-refractivity contribution >= 4 is 28.7 Å². The maximum Gasteiger partial charge on any atom is 0.269 e. The second-order valence-corrected chi connectivity index (χ2v) is 8.32. The van der Waals surface area contributed by atoms with Crippen molar-refractivity contribution in [1.29, 1.82) is 0 Å². The van der Waals surface area contributed by atoms with Gasteiger partial charge in [-0.25, -0.2) is 4.39 Å².